The van der Waals surface area contributed by atoms with Gasteiger partial charge in [-0.1, -0.05) is 6.92 Å². The Kier molecular flexibility index (Phi) is 3.84. The van der Waals surface area contributed by atoms with Crippen LogP contribution >= 0.6 is 0 Å². The van der Waals surface area contributed by atoms with Crippen molar-refractivity contribution in [3.8, 4) is 0 Å². The fourth-order valence-corrected chi connectivity index (χ4v) is 2.48. The lowest BCUT2D eigenvalue weighted by Gasteiger charge is -2.38. The third-order valence-electron chi connectivity index (χ3n) is 3.20. The summed E-state index contributed by atoms with van der Waals surface area (Å²) in [5.41, 5.74) is 1.56. The highest BCUT2D eigenvalue weighted by Gasteiger charge is 2.25. The third kappa shape index (κ3) is 3.54. The number of hydrogen-bond donors (Lipinski definition) is 1. The van der Waals surface area contributed by atoms with Gasteiger partial charge in [0.25, 0.3) is 0 Å². The summed E-state index contributed by atoms with van der Waals surface area (Å²) in [7, 11) is 0. The number of aryl methyl sites for hydroxylation is 1. The van der Waals surface area contributed by atoms with Crippen molar-refractivity contribution in [3.63, 3.8) is 0 Å². The van der Waals surface area contributed by atoms with E-state index < -0.39 is 0 Å². The Balaban J connectivity index is 1.91. The van der Waals surface area contributed by atoms with Crippen molar-refractivity contribution >= 4 is 0 Å². The van der Waals surface area contributed by atoms with E-state index in [4.69, 9.17) is 0 Å². The van der Waals surface area contributed by atoms with Crippen molar-refractivity contribution in [2.45, 2.75) is 45.8 Å². The molecule has 4 nitrogen and oxygen atoms in total. The molecular weight excluding hydrogens is 212 g/mol. The molecule has 1 saturated heterocycles. The summed E-state index contributed by atoms with van der Waals surface area (Å²) < 4.78 is 2.04. The minimum absolute atomic E-state index is 0.234. The Labute approximate surface area is 104 Å². The van der Waals surface area contributed by atoms with Crippen LogP contribution in [0.4, 0.5) is 0 Å². The van der Waals surface area contributed by atoms with Gasteiger partial charge in [-0.05, 0) is 20.3 Å². The van der Waals surface area contributed by atoms with Crippen molar-refractivity contribution in [2.24, 2.45) is 0 Å². The summed E-state index contributed by atoms with van der Waals surface area (Å²) in [5.74, 6) is 0. The van der Waals surface area contributed by atoms with Crippen LogP contribution in [0, 0.1) is 0 Å². The highest BCUT2D eigenvalue weighted by molar-refractivity contribution is 5.04. The van der Waals surface area contributed by atoms with E-state index in [2.05, 4.69) is 42.3 Å². The maximum atomic E-state index is 4.38. The predicted molar refractivity (Wildman–Crippen MR) is 69.9 cm³/mol. The molecule has 1 aromatic rings. The number of aromatic nitrogens is 2. The van der Waals surface area contributed by atoms with Crippen LogP contribution in [0.3, 0.4) is 0 Å². The van der Waals surface area contributed by atoms with Crippen LogP contribution < -0.4 is 5.32 Å². The van der Waals surface area contributed by atoms with Crippen LogP contribution in [0.2, 0.25) is 0 Å². The summed E-state index contributed by atoms with van der Waals surface area (Å²) in [5, 5.41) is 7.92. The van der Waals surface area contributed by atoms with Crippen LogP contribution in [-0.2, 0) is 13.1 Å². The van der Waals surface area contributed by atoms with E-state index in [1.807, 2.05) is 10.9 Å². The third-order valence-corrected chi connectivity index (χ3v) is 3.20. The Bertz CT molecular complexity index is 356. The van der Waals surface area contributed by atoms with Crippen molar-refractivity contribution in [1.29, 1.82) is 0 Å². The molecule has 0 atom stereocenters. The van der Waals surface area contributed by atoms with E-state index in [9.17, 15) is 0 Å². The lowest BCUT2D eigenvalue weighted by molar-refractivity contribution is 0.148. The first-order chi connectivity index (χ1) is 8.09. The Morgan fingerprint density at radius 1 is 1.47 bits per heavy atom. The standard InChI is InChI=1S/C13H24N4/c1-4-6-17-10-12(8-15-17)9-16-7-5-14-13(2,3)11-16/h8,10,14H,4-7,9,11H2,1-3H3. The fourth-order valence-electron chi connectivity index (χ4n) is 2.48. The zero-order valence-corrected chi connectivity index (χ0v) is 11.2. The van der Waals surface area contributed by atoms with Gasteiger partial charge in [0.1, 0.15) is 0 Å². The summed E-state index contributed by atoms with van der Waals surface area (Å²) in [4.78, 5) is 2.50. The van der Waals surface area contributed by atoms with E-state index in [-0.39, 0.29) is 5.54 Å². The van der Waals surface area contributed by atoms with Crippen LogP contribution in [0.5, 0.6) is 0 Å². The molecule has 0 aromatic carbocycles. The molecule has 1 aliphatic heterocycles. The molecule has 2 heterocycles. The fraction of sp³-hybridized carbons (Fsp3) is 0.769. The summed E-state index contributed by atoms with van der Waals surface area (Å²) >= 11 is 0. The highest BCUT2D eigenvalue weighted by Crippen LogP contribution is 2.13. The quantitative estimate of drug-likeness (QED) is 0.859. The maximum absolute atomic E-state index is 4.38. The van der Waals surface area contributed by atoms with Crippen LogP contribution in [0.1, 0.15) is 32.8 Å². The molecule has 1 aromatic heterocycles. The van der Waals surface area contributed by atoms with Gasteiger partial charge in [-0.15, -0.1) is 0 Å². The topological polar surface area (TPSA) is 33.1 Å². The van der Waals surface area contributed by atoms with E-state index in [0.29, 0.717) is 0 Å². The number of nitrogens with zero attached hydrogens (tertiary/aromatic N) is 3. The summed E-state index contributed by atoms with van der Waals surface area (Å²) in [6, 6.07) is 0. The first-order valence-corrected chi connectivity index (χ1v) is 6.58. The number of hydrogen-bond acceptors (Lipinski definition) is 3. The predicted octanol–water partition coefficient (Wildman–Crippen LogP) is 1.48. The molecule has 0 spiro atoms. The van der Waals surface area contributed by atoms with Gasteiger partial charge in [-0.25, -0.2) is 0 Å². The van der Waals surface area contributed by atoms with Gasteiger partial charge in [-0.2, -0.15) is 5.10 Å². The zero-order valence-electron chi connectivity index (χ0n) is 11.2. The number of piperazine rings is 1. The minimum atomic E-state index is 0.234. The molecule has 1 aliphatic rings. The number of nitrogens with one attached hydrogen (secondary N) is 1. The van der Waals surface area contributed by atoms with Gasteiger partial charge in [-0.3, -0.25) is 9.58 Å². The molecule has 0 radical (unpaired) electrons. The van der Waals surface area contributed by atoms with E-state index in [1.165, 1.54) is 5.56 Å². The molecular formula is C13H24N4. The summed E-state index contributed by atoms with van der Waals surface area (Å²) in [6.07, 6.45) is 5.32. The second-order valence-electron chi connectivity index (χ2n) is 5.63. The summed E-state index contributed by atoms with van der Waals surface area (Å²) in [6.45, 7) is 12.1. The van der Waals surface area contributed by atoms with Crippen LogP contribution in [0.15, 0.2) is 12.4 Å². The Morgan fingerprint density at radius 3 is 3.00 bits per heavy atom. The van der Waals surface area contributed by atoms with Crippen molar-refractivity contribution in [1.82, 2.24) is 20.0 Å². The van der Waals surface area contributed by atoms with Crippen LogP contribution in [-0.4, -0.2) is 39.9 Å². The average Bonchev–Trinajstić information content (AvgIpc) is 2.64. The normalized spacial score (nSPS) is 20.6. The molecule has 96 valence electrons. The van der Waals surface area contributed by atoms with Gasteiger partial charge in [0, 0.05) is 50.0 Å². The van der Waals surface area contributed by atoms with Crippen molar-refractivity contribution in [3.05, 3.63) is 18.0 Å². The van der Waals surface area contributed by atoms with Gasteiger partial charge < -0.3 is 5.32 Å². The average molecular weight is 236 g/mol. The van der Waals surface area contributed by atoms with Crippen molar-refractivity contribution in [2.75, 3.05) is 19.6 Å². The first-order valence-electron chi connectivity index (χ1n) is 6.58. The molecule has 0 amide bonds. The van der Waals surface area contributed by atoms with Crippen molar-refractivity contribution < 1.29 is 0 Å². The lowest BCUT2D eigenvalue weighted by atomic mass is 10.0. The molecule has 0 bridgehead atoms. The first kappa shape index (κ1) is 12.6. The number of rotatable bonds is 4. The van der Waals surface area contributed by atoms with Gasteiger partial charge >= 0.3 is 0 Å². The molecule has 0 unspecified atom stereocenters. The second kappa shape index (κ2) is 5.19. The molecule has 17 heavy (non-hydrogen) atoms. The highest BCUT2D eigenvalue weighted by atomic mass is 15.3. The Hall–Kier alpha value is -0.870. The van der Waals surface area contributed by atoms with Gasteiger partial charge in [0.15, 0.2) is 0 Å². The Morgan fingerprint density at radius 2 is 2.29 bits per heavy atom. The molecule has 1 N–H and O–H groups in total. The van der Waals surface area contributed by atoms with E-state index in [0.717, 1.165) is 39.1 Å². The lowest BCUT2D eigenvalue weighted by Crippen LogP contribution is -2.56. The largest absolute Gasteiger partial charge is 0.309 e. The monoisotopic (exact) mass is 236 g/mol. The smallest absolute Gasteiger partial charge is 0.0534 e. The maximum Gasteiger partial charge on any atom is 0.0534 e. The molecule has 0 aliphatic carbocycles. The second-order valence-corrected chi connectivity index (χ2v) is 5.63. The van der Waals surface area contributed by atoms with Gasteiger partial charge in [0.2, 0.25) is 0 Å². The zero-order chi connectivity index (χ0) is 12.3. The molecule has 2 rings (SSSR count). The molecule has 1 fully saturated rings. The van der Waals surface area contributed by atoms with Gasteiger partial charge in [0.05, 0.1) is 6.20 Å². The van der Waals surface area contributed by atoms with E-state index in [1.54, 1.807) is 0 Å². The SMILES string of the molecule is CCCn1cc(CN2CCNC(C)(C)C2)cn1. The molecule has 0 saturated carbocycles. The van der Waals surface area contributed by atoms with Crippen LogP contribution in [0.25, 0.3) is 0 Å². The van der Waals surface area contributed by atoms with E-state index >= 15 is 0 Å². The molecule has 4 heteroatoms. The minimum Gasteiger partial charge on any atom is -0.309 e.